The highest BCUT2D eigenvalue weighted by molar-refractivity contribution is 5.66. The summed E-state index contributed by atoms with van der Waals surface area (Å²) in [5.74, 6) is -0.862. The molecule has 0 saturated carbocycles. The number of hydrogen-bond acceptors (Lipinski definition) is 2. The molecule has 3 nitrogen and oxygen atoms in total. The third-order valence-corrected chi connectivity index (χ3v) is 3.59. The van der Waals surface area contributed by atoms with Gasteiger partial charge in [-0.3, -0.25) is 4.68 Å². The van der Waals surface area contributed by atoms with E-state index in [2.05, 4.69) is 10.4 Å². The van der Waals surface area contributed by atoms with Crippen molar-refractivity contribution < 1.29 is 8.78 Å². The van der Waals surface area contributed by atoms with Gasteiger partial charge in [0, 0.05) is 24.2 Å². The van der Waals surface area contributed by atoms with Gasteiger partial charge >= 0.3 is 0 Å². The molecule has 2 aromatic rings. The van der Waals surface area contributed by atoms with E-state index in [1.165, 1.54) is 6.07 Å². The van der Waals surface area contributed by atoms with E-state index >= 15 is 0 Å². The molecule has 3 rings (SSSR count). The predicted octanol–water partition coefficient (Wildman–Crippen LogP) is 2.79. The summed E-state index contributed by atoms with van der Waals surface area (Å²) >= 11 is 0. The molecule has 0 spiro atoms. The number of rotatable bonds is 2. The van der Waals surface area contributed by atoms with Crippen molar-refractivity contribution >= 4 is 0 Å². The van der Waals surface area contributed by atoms with Crippen molar-refractivity contribution in [1.29, 1.82) is 0 Å². The fourth-order valence-electron chi connectivity index (χ4n) is 2.69. The van der Waals surface area contributed by atoms with E-state index in [0.29, 0.717) is 5.56 Å². The number of aromatic nitrogens is 2. The molecule has 100 valence electrons. The van der Waals surface area contributed by atoms with Crippen LogP contribution >= 0.6 is 0 Å². The van der Waals surface area contributed by atoms with Crippen LogP contribution in [0.25, 0.3) is 11.1 Å². The van der Waals surface area contributed by atoms with Crippen LogP contribution in [0.4, 0.5) is 8.78 Å². The summed E-state index contributed by atoms with van der Waals surface area (Å²) in [5.41, 5.74) is 1.86. The summed E-state index contributed by atoms with van der Waals surface area (Å²) in [4.78, 5) is 0. The molecule has 5 heteroatoms. The maximum atomic E-state index is 13.9. The van der Waals surface area contributed by atoms with E-state index in [1.807, 2.05) is 7.05 Å². The van der Waals surface area contributed by atoms with E-state index in [4.69, 9.17) is 0 Å². The normalized spacial score (nSPS) is 19.0. The monoisotopic (exact) mass is 263 g/mol. The Hall–Kier alpha value is -1.75. The first kappa shape index (κ1) is 12.3. The van der Waals surface area contributed by atoms with Crippen molar-refractivity contribution in [2.24, 2.45) is 7.05 Å². The summed E-state index contributed by atoms with van der Waals surface area (Å²) in [5, 5.41) is 7.56. The smallest absolute Gasteiger partial charge is 0.131 e. The minimum atomic E-state index is -0.439. The quantitative estimate of drug-likeness (QED) is 0.903. The first-order valence-corrected chi connectivity index (χ1v) is 6.37. The van der Waals surface area contributed by atoms with Gasteiger partial charge in [-0.05, 0) is 37.6 Å². The van der Waals surface area contributed by atoms with Crippen molar-refractivity contribution in [2.75, 3.05) is 6.54 Å². The van der Waals surface area contributed by atoms with E-state index in [-0.39, 0.29) is 11.6 Å². The van der Waals surface area contributed by atoms with Crippen molar-refractivity contribution in [3.05, 3.63) is 41.7 Å². The van der Waals surface area contributed by atoms with Gasteiger partial charge in [-0.2, -0.15) is 5.10 Å². The van der Waals surface area contributed by atoms with Gasteiger partial charge in [-0.25, -0.2) is 8.78 Å². The molecule has 1 N–H and O–H groups in total. The molecule has 0 radical (unpaired) electrons. The van der Waals surface area contributed by atoms with Crippen LogP contribution in [0.2, 0.25) is 0 Å². The topological polar surface area (TPSA) is 29.9 Å². The number of aryl methyl sites for hydroxylation is 1. The van der Waals surface area contributed by atoms with Crippen LogP contribution in [-0.2, 0) is 7.05 Å². The van der Waals surface area contributed by atoms with Gasteiger partial charge in [0.25, 0.3) is 0 Å². The molecule has 1 fully saturated rings. The van der Waals surface area contributed by atoms with Gasteiger partial charge in [0.15, 0.2) is 0 Å². The minimum absolute atomic E-state index is 0.158. The van der Waals surface area contributed by atoms with Crippen LogP contribution in [0.5, 0.6) is 0 Å². The lowest BCUT2D eigenvalue weighted by Crippen LogP contribution is -2.17. The zero-order chi connectivity index (χ0) is 13.4. The van der Waals surface area contributed by atoms with Crippen LogP contribution < -0.4 is 5.32 Å². The Kier molecular flexibility index (Phi) is 3.06. The Balaban J connectivity index is 2.12. The van der Waals surface area contributed by atoms with E-state index < -0.39 is 11.6 Å². The molecule has 1 aromatic heterocycles. The number of halogens is 2. The van der Waals surface area contributed by atoms with Gasteiger partial charge in [-0.1, -0.05) is 0 Å². The van der Waals surface area contributed by atoms with Crippen LogP contribution in [-0.4, -0.2) is 16.3 Å². The Bertz CT molecular complexity index is 601. The van der Waals surface area contributed by atoms with Crippen molar-refractivity contribution in [3.8, 4) is 11.1 Å². The van der Waals surface area contributed by atoms with E-state index in [0.717, 1.165) is 37.2 Å². The minimum Gasteiger partial charge on any atom is -0.309 e. The molecule has 0 bridgehead atoms. The highest BCUT2D eigenvalue weighted by Gasteiger charge is 2.24. The van der Waals surface area contributed by atoms with Crippen LogP contribution in [0, 0.1) is 11.6 Å². The predicted molar refractivity (Wildman–Crippen MR) is 68.5 cm³/mol. The van der Waals surface area contributed by atoms with E-state index in [1.54, 1.807) is 10.9 Å². The molecule has 19 heavy (non-hydrogen) atoms. The standard InChI is InChI=1S/C14H15F2N3/c1-19-14(13-3-2-6-17-13)11(8-18-19)10-7-9(15)4-5-12(10)16/h4-5,7-8,13,17H,2-3,6H2,1H3. The SMILES string of the molecule is Cn1ncc(-c2cc(F)ccc2F)c1C1CCCN1. The number of nitrogens with one attached hydrogen (secondary N) is 1. The lowest BCUT2D eigenvalue weighted by atomic mass is 10.0. The molecule has 1 aromatic carbocycles. The van der Waals surface area contributed by atoms with Gasteiger partial charge in [0.2, 0.25) is 0 Å². The lowest BCUT2D eigenvalue weighted by molar-refractivity contribution is 0.573. The Morgan fingerprint density at radius 3 is 2.89 bits per heavy atom. The second-order valence-electron chi connectivity index (χ2n) is 4.84. The van der Waals surface area contributed by atoms with Crippen molar-refractivity contribution in [2.45, 2.75) is 18.9 Å². The Morgan fingerprint density at radius 2 is 2.16 bits per heavy atom. The van der Waals surface area contributed by atoms with Gasteiger partial charge in [0.1, 0.15) is 11.6 Å². The molecule has 1 atom stereocenters. The van der Waals surface area contributed by atoms with Gasteiger partial charge in [0.05, 0.1) is 11.9 Å². The molecule has 1 aliphatic rings. The molecule has 1 aliphatic heterocycles. The zero-order valence-electron chi connectivity index (χ0n) is 10.7. The molecule has 0 aliphatic carbocycles. The molecular formula is C14H15F2N3. The number of hydrogen-bond donors (Lipinski definition) is 1. The maximum Gasteiger partial charge on any atom is 0.131 e. The average molecular weight is 263 g/mol. The summed E-state index contributed by atoms with van der Waals surface area (Å²) in [7, 11) is 1.83. The largest absolute Gasteiger partial charge is 0.309 e. The van der Waals surface area contributed by atoms with Gasteiger partial charge < -0.3 is 5.32 Å². The van der Waals surface area contributed by atoms with Crippen molar-refractivity contribution in [1.82, 2.24) is 15.1 Å². The summed E-state index contributed by atoms with van der Waals surface area (Å²) in [6.07, 6.45) is 3.68. The third-order valence-electron chi connectivity index (χ3n) is 3.59. The molecule has 2 heterocycles. The van der Waals surface area contributed by atoms with Crippen LogP contribution in [0.3, 0.4) is 0 Å². The first-order valence-electron chi connectivity index (χ1n) is 6.37. The Morgan fingerprint density at radius 1 is 1.32 bits per heavy atom. The van der Waals surface area contributed by atoms with Gasteiger partial charge in [-0.15, -0.1) is 0 Å². The molecule has 0 amide bonds. The number of benzene rings is 1. The zero-order valence-corrected chi connectivity index (χ0v) is 10.7. The number of nitrogens with zero attached hydrogens (tertiary/aromatic N) is 2. The molecule has 1 unspecified atom stereocenters. The van der Waals surface area contributed by atoms with Crippen LogP contribution in [0.15, 0.2) is 24.4 Å². The van der Waals surface area contributed by atoms with Crippen LogP contribution in [0.1, 0.15) is 24.6 Å². The Labute approximate surface area is 110 Å². The second kappa shape index (κ2) is 4.74. The van der Waals surface area contributed by atoms with E-state index in [9.17, 15) is 8.78 Å². The van der Waals surface area contributed by atoms with Crippen molar-refractivity contribution in [3.63, 3.8) is 0 Å². The summed E-state index contributed by atoms with van der Waals surface area (Å²) in [6.45, 7) is 0.945. The second-order valence-corrected chi connectivity index (χ2v) is 4.84. The highest BCUT2D eigenvalue weighted by Crippen LogP contribution is 2.33. The highest BCUT2D eigenvalue weighted by atomic mass is 19.1. The fourth-order valence-corrected chi connectivity index (χ4v) is 2.69. The molecule has 1 saturated heterocycles. The summed E-state index contributed by atoms with van der Waals surface area (Å²) < 4.78 is 29.0. The average Bonchev–Trinajstić information content (AvgIpc) is 3.01. The third kappa shape index (κ3) is 2.14. The maximum absolute atomic E-state index is 13.9. The summed E-state index contributed by atoms with van der Waals surface area (Å²) in [6, 6.07) is 3.67. The molecular weight excluding hydrogens is 248 g/mol. The lowest BCUT2D eigenvalue weighted by Gasteiger charge is -2.14. The fraction of sp³-hybridized carbons (Fsp3) is 0.357. The first-order chi connectivity index (χ1) is 9.16.